The predicted octanol–water partition coefficient (Wildman–Crippen LogP) is 5.27. The maximum atomic E-state index is 12.9. The van der Waals surface area contributed by atoms with Gasteiger partial charge in [-0.15, -0.1) is 0 Å². The number of hydrogen-bond acceptors (Lipinski definition) is 2. The topological polar surface area (TPSA) is 34.5 Å². The van der Waals surface area contributed by atoms with Crippen LogP contribution in [0.25, 0.3) is 6.08 Å². The van der Waals surface area contributed by atoms with Crippen molar-refractivity contribution in [1.29, 1.82) is 0 Å². The lowest BCUT2D eigenvalue weighted by atomic mass is 10.2. The zero-order valence-corrected chi connectivity index (χ0v) is 18.0. The number of hydrogen-bond donors (Lipinski definition) is 0. The average molecular weight is 423 g/mol. The molecule has 0 N–H and O–H groups in total. The summed E-state index contributed by atoms with van der Waals surface area (Å²) in [6.07, 6.45) is 6.31. The van der Waals surface area contributed by atoms with E-state index in [4.69, 9.17) is 16.3 Å². The summed E-state index contributed by atoms with van der Waals surface area (Å²) >= 11 is 6.33. The van der Waals surface area contributed by atoms with Gasteiger partial charge in [0, 0.05) is 49.8 Å². The lowest BCUT2D eigenvalue weighted by molar-refractivity contribution is -0.126. The molecule has 0 atom stereocenters. The molecule has 156 valence electrons. The van der Waals surface area contributed by atoms with Crippen LogP contribution >= 0.6 is 11.6 Å². The molecule has 0 bridgehead atoms. The van der Waals surface area contributed by atoms with Crippen molar-refractivity contribution in [3.63, 3.8) is 0 Å². The lowest BCUT2D eigenvalue weighted by Gasteiger charge is -2.22. The average Bonchev–Trinajstić information content (AvgIpc) is 3.20. The molecule has 0 aliphatic heterocycles. The van der Waals surface area contributed by atoms with Gasteiger partial charge in [-0.1, -0.05) is 60.1 Å². The third-order valence-electron chi connectivity index (χ3n) is 4.88. The van der Waals surface area contributed by atoms with Crippen molar-refractivity contribution in [3.8, 4) is 0 Å². The van der Waals surface area contributed by atoms with Crippen LogP contribution in [0.5, 0.6) is 0 Å². The van der Waals surface area contributed by atoms with E-state index in [1.807, 2.05) is 83.9 Å². The highest BCUT2D eigenvalue weighted by molar-refractivity contribution is 6.31. The fourth-order valence-corrected chi connectivity index (χ4v) is 3.45. The number of benzene rings is 2. The monoisotopic (exact) mass is 422 g/mol. The standard InChI is InChI=1S/C25H27ClN2O2/c1-30-18-8-17-28(25(29)15-14-21-9-3-2-4-10-21)20-23-12-7-16-27(23)19-22-11-5-6-13-24(22)26/h2-7,9-16H,8,17-20H2,1H3/b15-14+. The maximum Gasteiger partial charge on any atom is 0.246 e. The molecule has 4 nitrogen and oxygen atoms in total. The molecule has 0 aliphatic carbocycles. The molecule has 0 radical (unpaired) electrons. The lowest BCUT2D eigenvalue weighted by Crippen LogP contribution is -2.31. The summed E-state index contributed by atoms with van der Waals surface area (Å²) in [6.45, 7) is 2.44. The first-order chi connectivity index (χ1) is 14.7. The Labute approximate surface area is 183 Å². The minimum Gasteiger partial charge on any atom is -0.385 e. The second-order valence-electron chi connectivity index (χ2n) is 7.07. The van der Waals surface area contributed by atoms with Crippen molar-refractivity contribution >= 4 is 23.6 Å². The second kappa shape index (κ2) is 11.4. The number of aromatic nitrogens is 1. The van der Waals surface area contributed by atoms with E-state index in [2.05, 4.69) is 4.57 Å². The molecule has 1 aromatic heterocycles. The van der Waals surface area contributed by atoms with E-state index in [0.717, 1.165) is 28.3 Å². The zero-order chi connectivity index (χ0) is 21.2. The number of carbonyl (C=O) groups is 1. The van der Waals surface area contributed by atoms with Crippen LogP contribution in [0, 0.1) is 0 Å². The number of ether oxygens (including phenoxy) is 1. The summed E-state index contributed by atoms with van der Waals surface area (Å²) in [4.78, 5) is 14.8. The Balaban J connectivity index is 1.73. The van der Waals surface area contributed by atoms with Crippen LogP contribution in [-0.2, 0) is 22.6 Å². The molecule has 0 saturated heterocycles. The van der Waals surface area contributed by atoms with Gasteiger partial charge < -0.3 is 14.2 Å². The van der Waals surface area contributed by atoms with Crippen molar-refractivity contribution in [2.45, 2.75) is 19.5 Å². The molecule has 1 heterocycles. The van der Waals surface area contributed by atoms with Crippen molar-refractivity contribution in [2.75, 3.05) is 20.3 Å². The fourth-order valence-electron chi connectivity index (χ4n) is 3.26. The van der Waals surface area contributed by atoms with E-state index in [1.165, 1.54) is 0 Å². The summed E-state index contributed by atoms with van der Waals surface area (Å²) < 4.78 is 7.31. The maximum absolute atomic E-state index is 12.9. The molecule has 5 heteroatoms. The Morgan fingerprint density at radius 1 is 1.07 bits per heavy atom. The highest BCUT2D eigenvalue weighted by Crippen LogP contribution is 2.18. The van der Waals surface area contributed by atoms with Gasteiger partial charge in [0.15, 0.2) is 0 Å². The summed E-state index contributed by atoms with van der Waals surface area (Å²) in [5.74, 6) is -0.0135. The molecule has 0 unspecified atom stereocenters. The highest BCUT2D eigenvalue weighted by Gasteiger charge is 2.14. The van der Waals surface area contributed by atoms with Crippen molar-refractivity contribution in [2.24, 2.45) is 0 Å². The Kier molecular flexibility index (Phi) is 8.30. The second-order valence-corrected chi connectivity index (χ2v) is 7.48. The van der Waals surface area contributed by atoms with Gasteiger partial charge in [-0.3, -0.25) is 4.79 Å². The number of nitrogens with zero attached hydrogens (tertiary/aromatic N) is 2. The fraction of sp³-hybridized carbons (Fsp3) is 0.240. The molecular formula is C25H27ClN2O2. The van der Waals surface area contributed by atoms with Crippen molar-refractivity contribution < 1.29 is 9.53 Å². The van der Waals surface area contributed by atoms with Crippen LogP contribution < -0.4 is 0 Å². The van der Waals surface area contributed by atoms with Crippen LogP contribution in [0.3, 0.4) is 0 Å². The van der Waals surface area contributed by atoms with Gasteiger partial charge in [-0.25, -0.2) is 0 Å². The molecule has 3 aromatic rings. The van der Waals surface area contributed by atoms with Crippen LogP contribution in [-0.4, -0.2) is 35.6 Å². The minimum atomic E-state index is -0.0135. The number of methoxy groups -OCH3 is 1. The van der Waals surface area contributed by atoms with Gasteiger partial charge in [0.05, 0.1) is 6.54 Å². The smallest absolute Gasteiger partial charge is 0.246 e. The van der Waals surface area contributed by atoms with Gasteiger partial charge >= 0.3 is 0 Å². The summed E-state index contributed by atoms with van der Waals surface area (Å²) in [5.41, 5.74) is 3.12. The Bertz CT molecular complexity index is 966. The Morgan fingerprint density at radius 3 is 2.60 bits per heavy atom. The molecule has 2 aromatic carbocycles. The largest absolute Gasteiger partial charge is 0.385 e. The van der Waals surface area contributed by atoms with Gasteiger partial charge in [0.25, 0.3) is 0 Å². The highest BCUT2D eigenvalue weighted by atomic mass is 35.5. The van der Waals surface area contributed by atoms with Gasteiger partial charge in [-0.05, 0) is 41.8 Å². The van der Waals surface area contributed by atoms with Gasteiger partial charge in [-0.2, -0.15) is 0 Å². The molecule has 1 amide bonds. The number of halogens is 1. The summed E-state index contributed by atoms with van der Waals surface area (Å²) in [7, 11) is 1.68. The molecular weight excluding hydrogens is 396 g/mol. The van der Waals surface area contributed by atoms with Crippen LogP contribution in [0.15, 0.2) is 79.0 Å². The SMILES string of the molecule is COCCCN(Cc1cccn1Cc1ccccc1Cl)C(=O)/C=C/c1ccccc1. The number of rotatable bonds is 10. The minimum absolute atomic E-state index is 0.0135. The first kappa shape index (κ1) is 21.9. The van der Waals surface area contributed by atoms with E-state index >= 15 is 0 Å². The first-order valence-corrected chi connectivity index (χ1v) is 10.4. The third kappa shape index (κ3) is 6.34. The third-order valence-corrected chi connectivity index (χ3v) is 5.25. The van der Waals surface area contributed by atoms with Crippen LogP contribution in [0.1, 0.15) is 23.2 Å². The van der Waals surface area contributed by atoms with Crippen molar-refractivity contribution in [3.05, 3.63) is 101 Å². The first-order valence-electron chi connectivity index (χ1n) is 10.1. The molecule has 0 aliphatic rings. The van der Waals surface area contributed by atoms with Gasteiger partial charge in [0.2, 0.25) is 5.91 Å². The molecule has 0 spiro atoms. The Morgan fingerprint density at radius 2 is 1.83 bits per heavy atom. The zero-order valence-electron chi connectivity index (χ0n) is 17.2. The van der Waals surface area contributed by atoms with Gasteiger partial charge in [0.1, 0.15) is 0 Å². The summed E-state index contributed by atoms with van der Waals surface area (Å²) in [5, 5.41) is 0.746. The van der Waals surface area contributed by atoms with E-state index in [-0.39, 0.29) is 5.91 Å². The normalized spacial score (nSPS) is 11.1. The van der Waals surface area contributed by atoms with E-state index in [0.29, 0.717) is 26.2 Å². The Hall–Kier alpha value is -2.82. The molecule has 30 heavy (non-hydrogen) atoms. The van der Waals surface area contributed by atoms with Crippen LogP contribution in [0.2, 0.25) is 5.02 Å². The van der Waals surface area contributed by atoms with Crippen LogP contribution in [0.4, 0.5) is 0 Å². The molecule has 3 rings (SSSR count). The predicted molar refractivity (Wildman–Crippen MR) is 122 cm³/mol. The van der Waals surface area contributed by atoms with Crippen molar-refractivity contribution in [1.82, 2.24) is 9.47 Å². The van der Waals surface area contributed by atoms with E-state index in [9.17, 15) is 4.79 Å². The summed E-state index contributed by atoms with van der Waals surface area (Å²) in [6, 6.07) is 21.7. The van der Waals surface area contributed by atoms with E-state index < -0.39 is 0 Å². The quantitative estimate of drug-likeness (QED) is 0.329. The molecule has 0 fully saturated rings. The number of carbonyl (C=O) groups excluding carboxylic acids is 1. The number of amides is 1. The molecule has 0 saturated carbocycles. The van der Waals surface area contributed by atoms with E-state index in [1.54, 1.807) is 13.2 Å².